The van der Waals surface area contributed by atoms with Gasteiger partial charge in [0.05, 0.1) is 18.2 Å². The molecule has 0 saturated carbocycles. The van der Waals surface area contributed by atoms with Crippen LogP contribution in [0.3, 0.4) is 0 Å². The Kier molecular flexibility index (Phi) is 6.55. The third-order valence-corrected chi connectivity index (χ3v) is 4.58. The van der Waals surface area contributed by atoms with E-state index in [-0.39, 0.29) is 34.3 Å². The lowest BCUT2D eigenvalue weighted by Crippen LogP contribution is -2.22. The summed E-state index contributed by atoms with van der Waals surface area (Å²) in [6.07, 6.45) is 1.27. The van der Waals surface area contributed by atoms with Crippen LogP contribution < -0.4 is 15.0 Å². The van der Waals surface area contributed by atoms with E-state index in [9.17, 15) is 14.9 Å². The van der Waals surface area contributed by atoms with E-state index in [0.29, 0.717) is 5.56 Å². The Morgan fingerprint density at radius 2 is 2.00 bits per heavy atom. The van der Waals surface area contributed by atoms with Crippen LogP contribution >= 0.6 is 12.2 Å². The highest BCUT2D eigenvalue weighted by Crippen LogP contribution is 2.38. The first-order chi connectivity index (χ1) is 14.8. The van der Waals surface area contributed by atoms with Crippen LogP contribution in [-0.2, 0) is 6.61 Å². The Morgan fingerprint density at radius 3 is 2.65 bits per heavy atom. The molecule has 31 heavy (non-hydrogen) atoms. The van der Waals surface area contributed by atoms with Crippen LogP contribution in [0.2, 0.25) is 0 Å². The number of nitrogens with zero attached hydrogens (tertiary/aromatic N) is 4. The molecule has 1 aromatic heterocycles. The minimum atomic E-state index is -0.570. The molecule has 0 unspecified atom stereocenters. The molecule has 0 aliphatic heterocycles. The van der Waals surface area contributed by atoms with E-state index in [1.165, 1.54) is 32.4 Å². The number of rotatable bonds is 7. The molecule has 10 nitrogen and oxygen atoms in total. The average molecular weight is 441 g/mol. The number of nitro groups is 1. The van der Waals surface area contributed by atoms with Gasteiger partial charge in [0.25, 0.3) is 5.56 Å². The Balaban J connectivity index is 1.97. The van der Waals surface area contributed by atoms with Crippen molar-refractivity contribution in [3.63, 3.8) is 0 Å². The third kappa shape index (κ3) is 5.01. The summed E-state index contributed by atoms with van der Waals surface area (Å²) in [6, 6.07) is 10.4. The van der Waals surface area contributed by atoms with Gasteiger partial charge in [0.2, 0.25) is 10.5 Å². The first-order valence-electron chi connectivity index (χ1n) is 9.07. The van der Waals surface area contributed by atoms with Crippen LogP contribution in [0.25, 0.3) is 0 Å². The topological polar surface area (TPSA) is 125 Å². The second-order valence-electron chi connectivity index (χ2n) is 6.58. The Morgan fingerprint density at radius 1 is 1.29 bits per heavy atom. The van der Waals surface area contributed by atoms with Gasteiger partial charge in [0.1, 0.15) is 12.3 Å². The second-order valence-corrected chi connectivity index (χ2v) is 6.97. The predicted octanol–water partition coefficient (Wildman–Crippen LogP) is 3.30. The molecule has 3 aromatic rings. The number of aromatic nitrogens is 3. The van der Waals surface area contributed by atoms with Crippen LogP contribution in [0.15, 0.2) is 46.3 Å². The number of methoxy groups -OCH3 is 1. The van der Waals surface area contributed by atoms with Gasteiger partial charge in [0.15, 0.2) is 5.75 Å². The molecule has 1 N–H and O–H groups in total. The van der Waals surface area contributed by atoms with Crippen LogP contribution in [0, 0.1) is 28.7 Å². The van der Waals surface area contributed by atoms with Crippen LogP contribution in [-0.4, -0.2) is 33.1 Å². The number of ether oxygens (including phenoxy) is 2. The second kappa shape index (κ2) is 9.30. The van der Waals surface area contributed by atoms with E-state index in [2.05, 4.69) is 15.3 Å². The van der Waals surface area contributed by atoms with E-state index >= 15 is 0 Å². The number of nitrogens with one attached hydrogen (secondary N) is 1. The van der Waals surface area contributed by atoms with Crippen molar-refractivity contribution in [3.05, 3.63) is 84.0 Å². The molecule has 0 fully saturated rings. The fraction of sp³-hybridized carbons (Fsp3) is 0.200. The summed E-state index contributed by atoms with van der Waals surface area (Å²) < 4.78 is 12.0. The van der Waals surface area contributed by atoms with Crippen molar-refractivity contribution in [2.45, 2.75) is 20.5 Å². The van der Waals surface area contributed by atoms with E-state index < -0.39 is 10.5 Å². The lowest BCUT2D eigenvalue weighted by molar-refractivity contribution is -0.386. The van der Waals surface area contributed by atoms with Gasteiger partial charge in [-0.3, -0.25) is 20.0 Å². The molecule has 3 rings (SSSR count). The van der Waals surface area contributed by atoms with Gasteiger partial charge in [-0.05, 0) is 37.7 Å². The molecule has 0 spiro atoms. The number of H-pyrrole nitrogens is 1. The number of benzene rings is 2. The van der Waals surface area contributed by atoms with Gasteiger partial charge in [0, 0.05) is 11.6 Å². The fourth-order valence-electron chi connectivity index (χ4n) is 2.66. The molecule has 2 aromatic carbocycles. The van der Waals surface area contributed by atoms with Gasteiger partial charge < -0.3 is 9.47 Å². The molecule has 0 aliphatic carbocycles. The highest BCUT2D eigenvalue weighted by molar-refractivity contribution is 7.71. The molecule has 0 radical (unpaired) electrons. The predicted molar refractivity (Wildman–Crippen MR) is 117 cm³/mol. The number of aromatic amines is 1. The summed E-state index contributed by atoms with van der Waals surface area (Å²) in [5.74, 6) is 0.158. The molecule has 11 heteroatoms. The Labute approximate surface area is 181 Å². The average Bonchev–Trinajstić information content (AvgIpc) is 2.75. The van der Waals surface area contributed by atoms with Crippen LogP contribution in [0.4, 0.5) is 5.69 Å². The molecule has 1 heterocycles. The molecule has 0 aliphatic rings. The van der Waals surface area contributed by atoms with Crippen LogP contribution in [0.5, 0.6) is 11.5 Å². The first kappa shape index (κ1) is 21.8. The molecule has 0 bridgehead atoms. The summed E-state index contributed by atoms with van der Waals surface area (Å²) in [4.78, 5) is 23.2. The smallest absolute Gasteiger partial charge is 0.315 e. The quantitative estimate of drug-likeness (QED) is 0.258. The fourth-order valence-corrected chi connectivity index (χ4v) is 2.83. The molecule has 160 valence electrons. The number of hydrogen-bond donors (Lipinski definition) is 1. The van der Waals surface area contributed by atoms with Crippen molar-refractivity contribution in [1.29, 1.82) is 0 Å². The van der Waals surface area contributed by atoms with Crippen molar-refractivity contribution >= 4 is 24.1 Å². The Bertz CT molecular complexity index is 1260. The zero-order chi connectivity index (χ0) is 22.5. The van der Waals surface area contributed by atoms with E-state index in [4.69, 9.17) is 21.7 Å². The summed E-state index contributed by atoms with van der Waals surface area (Å²) in [6.45, 7) is 3.60. The van der Waals surface area contributed by atoms with E-state index in [1.807, 2.05) is 31.2 Å². The third-order valence-electron chi connectivity index (χ3n) is 4.31. The minimum Gasteiger partial charge on any atom is -0.493 e. The van der Waals surface area contributed by atoms with Gasteiger partial charge in [-0.2, -0.15) is 14.9 Å². The monoisotopic (exact) mass is 441 g/mol. The maximum Gasteiger partial charge on any atom is 0.315 e. The van der Waals surface area contributed by atoms with Crippen molar-refractivity contribution in [2.75, 3.05) is 7.11 Å². The SMILES string of the molecule is COc1cc(/C=N\n2c(=S)[nH]nc(C)c2=O)cc([N+](=O)[O-])c1OCc1ccc(C)cc1. The van der Waals surface area contributed by atoms with E-state index in [0.717, 1.165) is 15.8 Å². The molecular formula is C20H19N5O5S. The van der Waals surface area contributed by atoms with E-state index in [1.54, 1.807) is 0 Å². The summed E-state index contributed by atoms with van der Waals surface area (Å²) in [5, 5.41) is 22.0. The van der Waals surface area contributed by atoms with Gasteiger partial charge >= 0.3 is 5.69 Å². The van der Waals surface area contributed by atoms with Gasteiger partial charge in [-0.25, -0.2) is 0 Å². The van der Waals surface area contributed by atoms with Crippen molar-refractivity contribution < 1.29 is 14.4 Å². The van der Waals surface area contributed by atoms with Gasteiger partial charge in [-0.1, -0.05) is 29.8 Å². The van der Waals surface area contributed by atoms with Crippen molar-refractivity contribution in [3.8, 4) is 11.5 Å². The lowest BCUT2D eigenvalue weighted by atomic mass is 10.1. The number of hydrogen-bond acceptors (Lipinski definition) is 8. The first-order valence-corrected chi connectivity index (χ1v) is 9.48. The maximum atomic E-state index is 12.2. The maximum absolute atomic E-state index is 12.2. The zero-order valence-electron chi connectivity index (χ0n) is 17.0. The molecule has 0 saturated heterocycles. The largest absolute Gasteiger partial charge is 0.493 e. The van der Waals surface area contributed by atoms with Gasteiger partial charge in [-0.15, -0.1) is 0 Å². The zero-order valence-corrected chi connectivity index (χ0v) is 17.8. The minimum absolute atomic E-state index is 0.000519. The van der Waals surface area contributed by atoms with Crippen molar-refractivity contribution in [1.82, 2.24) is 14.9 Å². The normalized spacial score (nSPS) is 10.9. The summed E-state index contributed by atoms with van der Waals surface area (Å²) in [5.41, 5.74) is 1.65. The Hall–Kier alpha value is -3.86. The lowest BCUT2D eigenvalue weighted by Gasteiger charge is -2.12. The number of nitro benzene ring substituents is 1. The highest BCUT2D eigenvalue weighted by Gasteiger charge is 2.22. The van der Waals surface area contributed by atoms with Crippen LogP contribution in [0.1, 0.15) is 22.4 Å². The number of aryl methyl sites for hydroxylation is 2. The molecular weight excluding hydrogens is 422 g/mol. The summed E-state index contributed by atoms with van der Waals surface area (Å²) >= 11 is 5.02. The molecule has 0 atom stereocenters. The highest BCUT2D eigenvalue weighted by atomic mass is 32.1. The molecule has 0 amide bonds. The van der Waals surface area contributed by atoms with Crippen molar-refractivity contribution in [2.24, 2.45) is 5.10 Å². The standard InChI is InChI=1S/C20H19N5O5S/c1-12-4-6-14(7-5-12)11-30-18-16(25(27)28)8-15(9-17(18)29-3)10-21-24-19(26)13(2)22-23-20(24)31/h4-10H,11H2,1-3H3,(H,23,31)/b21-10-. The summed E-state index contributed by atoms with van der Waals surface area (Å²) in [7, 11) is 1.38.